The molecular weight excluding hydrogens is 426 g/mol. The van der Waals surface area contributed by atoms with Gasteiger partial charge in [0.25, 0.3) is 0 Å². The van der Waals surface area contributed by atoms with Gasteiger partial charge in [-0.15, -0.1) is 5.10 Å². The number of ether oxygens (including phenoxy) is 3. The first-order chi connectivity index (χ1) is 15.6. The van der Waals surface area contributed by atoms with Gasteiger partial charge in [0.05, 0.1) is 39.3 Å². The fourth-order valence-electron chi connectivity index (χ4n) is 3.28. The second-order valence-electron chi connectivity index (χ2n) is 7.26. The van der Waals surface area contributed by atoms with E-state index in [4.69, 9.17) is 14.2 Å². The summed E-state index contributed by atoms with van der Waals surface area (Å²) < 4.78 is 15.9. The third kappa shape index (κ3) is 5.82. The van der Waals surface area contributed by atoms with Crippen molar-refractivity contribution in [2.24, 2.45) is 10.2 Å². The van der Waals surface area contributed by atoms with Crippen molar-refractivity contribution in [2.75, 3.05) is 21.3 Å². The fraction of sp³-hybridized carbons (Fsp3) is 0.375. The zero-order valence-electron chi connectivity index (χ0n) is 18.9. The highest BCUT2D eigenvalue weighted by Crippen LogP contribution is 2.32. The summed E-state index contributed by atoms with van der Waals surface area (Å²) in [5.41, 5.74) is 1.78. The van der Waals surface area contributed by atoms with Gasteiger partial charge in [-0.25, -0.2) is 0 Å². The van der Waals surface area contributed by atoms with Crippen molar-refractivity contribution in [1.82, 2.24) is 4.90 Å². The molecule has 1 fully saturated rings. The minimum atomic E-state index is -0.127. The molecule has 32 heavy (non-hydrogen) atoms. The summed E-state index contributed by atoms with van der Waals surface area (Å²) in [4.78, 5) is 14.8. The number of amidine groups is 1. The molecule has 0 spiro atoms. The maximum Gasteiger partial charge on any atom is 0.242 e. The highest BCUT2D eigenvalue weighted by Gasteiger charge is 2.37. The van der Waals surface area contributed by atoms with Gasteiger partial charge >= 0.3 is 0 Å². The molecule has 170 valence electrons. The Balaban J connectivity index is 1.82. The van der Waals surface area contributed by atoms with Crippen molar-refractivity contribution in [2.45, 2.75) is 38.0 Å². The maximum absolute atomic E-state index is 13.1. The van der Waals surface area contributed by atoms with Crippen LogP contribution in [0.25, 0.3) is 0 Å². The average Bonchev–Trinajstić information content (AvgIpc) is 3.12. The Bertz CT molecular complexity index is 976. The monoisotopic (exact) mass is 455 g/mol. The van der Waals surface area contributed by atoms with Crippen LogP contribution in [0.3, 0.4) is 0 Å². The van der Waals surface area contributed by atoms with Crippen LogP contribution in [-0.2, 0) is 11.3 Å². The molecule has 7 nitrogen and oxygen atoms in total. The molecule has 2 aromatic carbocycles. The lowest BCUT2D eigenvalue weighted by atomic mass is 10.1. The second-order valence-corrected chi connectivity index (χ2v) is 8.43. The van der Waals surface area contributed by atoms with E-state index in [-0.39, 0.29) is 11.2 Å². The van der Waals surface area contributed by atoms with Gasteiger partial charge in [0, 0.05) is 11.6 Å². The topological polar surface area (TPSA) is 72.7 Å². The molecule has 1 heterocycles. The summed E-state index contributed by atoms with van der Waals surface area (Å²) in [5.74, 6) is 2.20. The lowest BCUT2D eigenvalue weighted by Gasteiger charge is -2.16. The van der Waals surface area contributed by atoms with E-state index in [1.807, 2.05) is 36.4 Å². The number of unbranched alkanes of at least 4 members (excludes halogenated alkanes) is 1. The zero-order chi connectivity index (χ0) is 22.9. The molecule has 3 rings (SSSR count). The first-order valence-corrected chi connectivity index (χ1v) is 11.4. The van der Waals surface area contributed by atoms with E-state index in [0.29, 0.717) is 23.2 Å². The predicted molar refractivity (Wildman–Crippen MR) is 129 cm³/mol. The van der Waals surface area contributed by atoms with Gasteiger partial charge < -0.3 is 14.2 Å². The van der Waals surface area contributed by atoms with Gasteiger partial charge in [-0.3, -0.25) is 9.69 Å². The van der Waals surface area contributed by atoms with Gasteiger partial charge in [-0.05, 0) is 36.2 Å². The van der Waals surface area contributed by atoms with E-state index in [9.17, 15) is 4.79 Å². The van der Waals surface area contributed by atoms with Gasteiger partial charge in [0.2, 0.25) is 5.91 Å². The van der Waals surface area contributed by atoms with E-state index in [0.717, 1.165) is 36.1 Å². The Kier molecular flexibility index (Phi) is 8.56. The SMILES string of the molecule is CCCC[C@H]1S/C(=N\N=C/c2ccc(OC)cc2OC)N(Cc2ccc(OC)cc2)C1=O. The van der Waals surface area contributed by atoms with Crippen LogP contribution in [0.15, 0.2) is 52.7 Å². The Labute approximate surface area is 193 Å². The molecule has 0 radical (unpaired) electrons. The number of carbonyl (C=O) groups excluding carboxylic acids is 1. The lowest BCUT2D eigenvalue weighted by molar-refractivity contribution is -0.126. The van der Waals surface area contributed by atoms with Gasteiger partial charge in [-0.1, -0.05) is 43.7 Å². The Hall–Kier alpha value is -3.00. The molecule has 0 bridgehead atoms. The predicted octanol–water partition coefficient (Wildman–Crippen LogP) is 4.74. The van der Waals surface area contributed by atoms with Crippen molar-refractivity contribution in [1.29, 1.82) is 0 Å². The molecule has 2 aromatic rings. The third-order valence-corrected chi connectivity index (χ3v) is 6.36. The van der Waals surface area contributed by atoms with Gasteiger partial charge in [-0.2, -0.15) is 5.10 Å². The van der Waals surface area contributed by atoms with E-state index < -0.39 is 0 Å². The molecule has 1 amide bonds. The molecule has 1 aliphatic rings. The van der Waals surface area contributed by atoms with Crippen LogP contribution < -0.4 is 14.2 Å². The van der Waals surface area contributed by atoms with E-state index in [1.165, 1.54) is 11.8 Å². The number of hydrogen-bond acceptors (Lipinski definition) is 7. The number of carbonyl (C=O) groups is 1. The molecule has 8 heteroatoms. The molecular formula is C24H29N3O4S. The highest BCUT2D eigenvalue weighted by molar-refractivity contribution is 8.15. The zero-order valence-corrected chi connectivity index (χ0v) is 19.7. The first-order valence-electron chi connectivity index (χ1n) is 10.5. The number of benzene rings is 2. The summed E-state index contributed by atoms with van der Waals surface area (Å²) in [6.45, 7) is 2.57. The minimum Gasteiger partial charge on any atom is -0.497 e. The maximum atomic E-state index is 13.1. The molecule has 0 N–H and O–H groups in total. The summed E-state index contributed by atoms with van der Waals surface area (Å²) >= 11 is 1.48. The summed E-state index contributed by atoms with van der Waals surface area (Å²) in [6, 6.07) is 13.2. The fourth-order valence-corrected chi connectivity index (χ4v) is 4.43. The number of methoxy groups -OCH3 is 3. The van der Waals surface area contributed by atoms with Crippen molar-refractivity contribution < 1.29 is 19.0 Å². The third-order valence-electron chi connectivity index (χ3n) is 5.12. The number of thioether (sulfide) groups is 1. The van der Waals surface area contributed by atoms with Crippen LogP contribution in [0.4, 0.5) is 0 Å². The molecule has 0 aromatic heterocycles. The smallest absolute Gasteiger partial charge is 0.242 e. The molecule has 1 saturated heterocycles. The van der Waals surface area contributed by atoms with Crippen molar-refractivity contribution in [3.8, 4) is 17.2 Å². The van der Waals surface area contributed by atoms with Crippen molar-refractivity contribution in [3.05, 3.63) is 53.6 Å². The molecule has 0 aliphatic carbocycles. The molecule has 1 aliphatic heterocycles. The van der Waals surface area contributed by atoms with Crippen LogP contribution in [-0.4, -0.2) is 48.8 Å². The largest absolute Gasteiger partial charge is 0.497 e. The van der Waals surface area contributed by atoms with Crippen LogP contribution in [0.1, 0.15) is 37.3 Å². The van der Waals surface area contributed by atoms with E-state index in [1.54, 1.807) is 38.5 Å². The summed E-state index contributed by atoms with van der Waals surface area (Å²) in [6.07, 6.45) is 4.50. The van der Waals surface area contributed by atoms with Crippen LogP contribution in [0.2, 0.25) is 0 Å². The van der Waals surface area contributed by atoms with Crippen molar-refractivity contribution in [3.63, 3.8) is 0 Å². The first kappa shape index (κ1) is 23.7. The van der Waals surface area contributed by atoms with Crippen LogP contribution in [0, 0.1) is 0 Å². The molecule has 0 unspecified atom stereocenters. The number of nitrogens with zero attached hydrogens (tertiary/aromatic N) is 3. The van der Waals surface area contributed by atoms with Crippen molar-refractivity contribution >= 4 is 29.1 Å². The Morgan fingerprint density at radius 3 is 2.41 bits per heavy atom. The highest BCUT2D eigenvalue weighted by atomic mass is 32.2. The summed E-state index contributed by atoms with van der Waals surface area (Å²) in [7, 11) is 4.84. The Morgan fingerprint density at radius 1 is 1.03 bits per heavy atom. The quantitative estimate of drug-likeness (QED) is 0.382. The van der Waals surface area contributed by atoms with Crippen LogP contribution >= 0.6 is 11.8 Å². The standard InChI is InChI=1S/C24H29N3O4S/c1-5-6-7-22-23(28)27(16-17-8-11-19(29-2)12-9-17)24(32-22)26-25-15-18-10-13-20(30-3)14-21(18)31-4/h8-15,22H,5-7,16H2,1-4H3/b25-15-,26-24-/t22-/m1/s1. The number of amides is 1. The summed E-state index contributed by atoms with van der Waals surface area (Å²) in [5, 5.41) is 9.14. The molecule has 1 atom stereocenters. The Morgan fingerprint density at radius 2 is 1.75 bits per heavy atom. The lowest BCUT2D eigenvalue weighted by Crippen LogP contribution is -2.31. The second kappa shape index (κ2) is 11.6. The minimum absolute atomic E-state index is 0.0789. The number of rotatable bonds is 10. The van der Waals surface area contributed by atoms with Crippen LogP contribution in [0.5, 0.6) is 17.2 Å². The van der Waals surface area contributed by atoms with E-state index >= 15 is 0 Å². The van der Waals surface area contributed by atoms with E-state index in [2.05, 4.69) is 17.1 Å². The average molecular weight is 456 g/mol. The normalized spacial score (nSPS) is 17.4. The molecule has 0 saturated carbocycles. The number of hydrogen-bond donors (Lipinski definition) is 0. The van der Waals surface area contributed by atoms with Gasteiger partial charge in [0.1, 0.15) is 17.2 Å². The van der Waals surface area contributed by atoms with Gasteiger partial charge in [0.15, 0.2) is 5.17 Å².